The Bertz CT molecular complexity index is 1140. The molecule has 0 N–H and O–H groups in total. The molecule has 0 saturated carbocycles. The van der Waals surface area contributed by atoms with E-state index < -0.39 is 0 Å². The van der Waals surface area contributed by atoms with Crippen LogP contribution in [0.1, 0.15) is 17.4 Å². The number of nitrogens with zero attached hydrogens (tertiary/aromatic N) is 4. The molecule has 2 heterocycles. The SMILES string of the molecule is CCN1CCN(C(=O)c2nn(-c3cc(OC)cc(OC)c3)c(=O)c3ccccc23)CC1. The maximum atomic E-state index is 13.4. The summed E-state index contributed by atoms with van der Waals surface area (Å²) in [5, 5.41) is 5.52. The highest BCUT2D eigenvalue weighted by Gasteiger charge is 2.25. The van der Waals surface area contributed by atoms with Gasteiger partial charge in [-0.25, -0.2) is 0 Å². The van der Waals surface area contributed by atoms with Crippen LogP contribution in [0.2, 0.25) is 0 Å². The molecule has 1 aliphatic heterocycles. The fourth-order valence-corrected chi connectivity index (χ4v) is 3.85. The van der Waals surface area contributed by atoms with Gasteiger partial charge in [0.1, 0.15) is 11.5 Å². The lowest BCUT2D eigenvalue weighted by atomic mass is 10.1. The van der Waals surface area contributed by atoms with Crippen molar-refractivity contribution < 1.29 is 14.3 Å². The second kappa shape index (κ2) is 8.77. The fourth-order valence-electron chi connectivity index (χ4n) is 3.85. The van der Waals surface area contributed by atoms with Crippen LogP contribution >= 0.6 is 0 Å². The van der Waals surface area contributed by atoms with Crippen LogP contribution in [0.25, 0.3) is 16.5 Å². The number of carbonyl (C=O) groups is 1. The molecule has 2 aromatic carbocycles. The number of carbonyl (C=O) groups excluding carboxylic acids is 1. The van der Waals surface area contributed by atoms with Crippen molar-refractivity contribution in [3.8, 4) is 17.2 Å². The number of piperazine rings is 1. The molecule has 1 aliphatic rings. The lowest BCUT2D eigenvalue weighted by Gasteiger charge is -2.34. The first-order chi connectivity index (χ1) is 15.0. The molecular formula is C23H26N4O4. The van der Waals surface area contributed by atoms with Crippen LogP contribution in [0, 0.1) is 0 Å². The number of fused-ring (bicyclic) bond motifs is 1. The second-order valence-corrected chi connectivity index (χ2v) is 7.41. The summed E-state index contributed by atoms with van der Waals surface area (Å²) in [6.07, 6.45) is 0. The van der Waals surface area contributed by atoms with Gasteiger partial charge in [-0.2, -0.15) is 9.78 Å². The monoisotopic (exact) mass is 422 g/mol. The van der Waals surface area contributed by atoms with E-state index in [-0.39, 0.29) is 17.2 Å². The van der Waals surface area contributed by atoms with Gasteiger partial charge in [0.25, 0.3) is 11.5 Å². The summed E-state index contributed by atoms with van der Waals surface area (Å²) in [7, 11) is 3.08. The molecule has 8 nitrogen and oxygen atoms in total. The Hall–Kier alpha value is -3.39. The van der Waals surface area contributed by atoms with Gasteiger partial charge >= 0.3 is 0 Å². The van der Waals surface area contributed by atoms with Gasteiger partial charge in [-0.3, -0.25) is 9.59 Å². The minimum Gasteiger partial charge on any atom is -0.497 e. The predicted octanol–water partition coefficient (Wildman–Crippen LogP) is 2.18. The first-order valence-electron chi connectivity index (χ1n) is 10.3. The van der Waals surface area contributed by atoms with Gasteiger partial charge in [0.15, 0.2) is 5.69 Å². The van der Waals surface area contributed by atoms with Crippen LogP contribution in [0.4, 0.5) is 0 Å². The molecule has 1 saturated heterocycles. The number of aromatic nitrogens is 2. The zero-order valence-electron chi connectivity index (χ0n) is 18.0. The Morgan fingerprint density at radius 3 is 2.16 bits per heavy atom. The van der Waals surface area contributed by atoms with Crippen LogP contribution in [-0.2, 0) is 0 Å². The molecule has 0 spiro atoms. The van der Waals surface area contributed by atoms with Crippen LogP contribution in [0.5, 0.6) is 11.5 Å². The van der Waals surface area contributed by atoms with Crippen molar-refractivity contribution in [2.45, 2.75) is 6.92 Å². The van der Waals surface area contributed by atoms with E-state index in [9.17, 15) is 9.59 Å². The Labute approximate surface area is 180 Å². The van der Waals surface area contributed by atoms with Crippen LogP contribution < -0.4 is 15.0 Å². The van der Waals surface area contributed by atoms with Crippen LogP contribution in [0.15, 0.2) is 47.3 Å². The Kier molecular flexibility index (Phi) is 5.90. The Morgan fingerprint density at radius 2 is 1.58 bits per heavy atom. The summed E-state index contributed by atoms with van der Waals surface area (Å²) in [6, 6.07) is 12.2. The topological polar surface area (TPSA) is 76.9 Å². The normalized spacial score (nSPS) is 14.6. The highest BCUT2D eigenvalue weighted by molar-refractivity contribution is 6.04. The van der Waals surface area contributed by atoms with E-state index >= 15 is 0 Å². The number of ether oxygens (including phenoxy) is 2. The molecule has 31 heavy (non-hydrogen) atoms. The molecule has 0 atom stereocenters. The van der Waals surface area contributed by atoms with Crippen LogP contribution in [0.3, 0.4) is 0 Å². The predicted molar refractivity (Wildman–Crippen MR) is 118 cm³/mol. The molecule has 0 aliphatic carbocycles. The fraction of sp³-hybridized carbons (Fsp3) is 0.348. The van der Waals surface area contributed by atoms with Gasteiger partial charge in [-0.15, -0.1) is 0 Å². The van der Waals surface area contributed by atoms with Gasteiger partial charge in [0.05, 0.1) is 25.3 Å². The van der Waals surface area contributed by atoms with Crippen LogP contribution in [-0.4, -0.2) is 72.4 Å². The molecular weight excluding hydrogens is 396 g/mol. The lowest BCUT2D eigenvalue weighted by molar-refractivity contribution is 0.0638. The number of amides is 1. The third-order valence-corrected chi connectivity index (χ3v) is 5.70. The number of hydrogen-bond acceptors (Lipinski definition) is 6. The summed E-state index contributed by atoms with van der Waals surface area (Å²) >= 11 is 0. The van der Waals surface area contributed by atoms with E-state index in [2.05, 4.69) is 16.9 Å². The Balaban J connectivity index is 1.85. The first kappa shape index (κ1) is 20.9. The number of hydrogen-bond donors (Lipinski definition) is 0. The largest absolute Gasteiger partial charge is 0.497 e. The van der Waals surface area contributed by atoms with E-state index in [1.165, 1.54) is 4.68 Å². The second-order valence-electron chi connectivity index (χ2n) is 7.41. The minimum absolute atomic E-state index is 0.171. The molecule has 1 amide bonds. The molecule has 1 aromatic heterocycles. The average molecular weight is 422 g/mol. The summed E-state index contributed by atoms with van der Waals surface area (Å²) in [6.45, 7) is 6.00. The van der Waals surface area contributed by atoms with Crippen molar-refractivity contribution in [3.05, 3.63) is 58.5 Å². The zero-order valence-corrected chi connectivity index (χ0v) is 18.0. The number of benzene rings is 2. The molecule has 3 aromatic rings. The molecule has 0 radical (unpaired) electrons. The van der Waals surface area contributed by atoms with Crippen molar-refractivity contribution in [2.75, 3.05) is 46.9 Å². The number of likely N-dealkylation sites (N-methyl/N-ethyl adjacent to an activating group) is 1. The number of rotatable bonds is 5. The molecule has 4 rings (SSSR count). The zero-order chi connectivity index (χ0) is 22.0. The molecule has 0 unspecified atom stereocenters. The minimum atomic E-state index is -0.307. The van der Waals surface area contributed by atoms with Crippen molar-refractivity contribution in [1.29, 1.82) is 0 Å². The molecule has 162 valence electrons. The summed E-state index contributed by atoms with van der Waals surface area (Å²) in [5.41, 5.74) is 0.428. The highest BCUT2D eigenvalue weighted by atomic mass is 16.5. The van der Waals surface area contributed by atoms with Crippen molar-refractivity contribution in [1.82, 2.24) is 19.6 Å². The maximum absolute atomic E-state index is 13.4. The summed E-state index contributed by atoms with van der Waals surface area (Å²) < 4.78 is 11.9. The van der Waals surface area contributed by atoms with Gasteiger partial charge < -0.3 is 19.3 Å². The maximum Gasteiger partial charge on any atom is 0.279 e. The highest BCUT2D eigenvalue weighted by Crippen LogP contribution is 2.25. The Morgan fingerprint density at radius 1 is 0.968 bits per heavy atom. The smallest absolute Gasteiger partial charge is 0.279 e. The molecule has 0 bridgehead atoms. The van der Waals surface area contributed by atoms with Gasteiger partial charge in [0.2, 0.25) is 0 Å². The van der Waals surface area contributed by atoms with E-state index in [0.717, 1.165) is 19.6 Å². The summed E-state index contributed by atoms with van der Waals surface area (Å²) in [4.78, 5) is 30.8. The van der Waals surface area contributed by atoms with Crippen molar-refractivity contribution in [3.63, 3.8) is 0 Å². The van der Waals surface area contributed by atoms with Gasteiger partial charge in [-0.1, -0.05) is 25.1 Å². The van der Waals surface area contributed by atoms with Crippen molar-refractivity contribution >= 4 is 16.7 Å². The quantitative estimate of drug-likeness (QED) is 0.627. The molecule has 1 fully saturated rings. The van der Waals surface area contributed by atoms with Gasteiger partial charge in [0, 0.05) is 49.8 Å². The third kappa shape index (κ3) is 3.98. The van der Waals surface area contributed by atoms with E-state index in [1.54, 1.807) is 50.6 Å². The molecule has 8 heteroatoms. The van der Waals surface area contributed by atoms with E-state index in [1.807, 2.05) is 11.0 Å². The van der Waals surface area contributed by atoms with E-state index in [0.29, 0.717) is 41.0 Å². The average Bonchev–Trinajstić information content (AvgIpc) is 2.83. The lowest BCUT2D eigenvalue weighted by Crippen LogP contribution is -2.49. The number of methoxy groups -OCH3 is 2. The summed E-state index contributed by atoms with van der Waals surface area (Å²) in [5.74, 6) is 0.884. The first-order valence-corrected chi connectivity index (χ1v) is 10.3. The van der Waals surface area contributed by atoms with Gasteiger partial charge in [-0.05, 0) is 12.6 Å². The van der Waals surface area contributed by atoms with Crippen molar-refractivity contribution in [2.24, 2.45) is 0 Å². The van der Waals surface area contributed by atoms with E-state index in [4.69, 9.17) is 9.47 Å². The third-order valence-electron chi connectivity index (χ3n) is 5.70. The standard InChI is InChI=1S/C23H26N4O4/c1-4-25-9-11-26(12-10-25)23(29)21-19-7-5-6-8-20(19)22(28)27(24-21)16-13-17(30-2)15-18(14-16)31-3/h5-8,13-15H,4,9-12H2,1-3H3.